The van der Waals surface area contributed by atoms with Crippen molar-refractivity contribution in [1.29, 1.82) is 0 Å². The second kappa shape index (κ2) is 14.2. The molecule has 0 spiro atoms. The number of benzene rings is 2. The quantitative estimate of drug-likeness (QED) is 0.0912. The van der Waals surface area contributed by atoms with Crippen LogP contribution >= 0.6 is 0 Å². The fourth-order valence-electron chi connectivity index (χ4n) is 3.05. The van der Waals surface area contributed by atoms with Crippen molar-refractivity contribution in [3.8, 4) is 5.75 Å². The molecule has 0 fully saturated rings. The van der Waals surface area contributed by atoms with Crippen LogP contribution in [0.3, 0.4) is 0 Å². The molecule has 2 aromatic carbocycles. The summed E-state index contributed by atoms with van der Waals surface area (Å²) in [5.41, 5.74) is 0. The van der Waals surface area contributed by atoms with Gasteiger partial charge in [-0.15, -0.1) is 0 Å². The van der Waals surface area contributed by atoms with Crippen LogP contribution in [0.5, 0.6) is 5.75 Å². The predicted octanol–water partition coefficient (Wildman–Crippen LogP) is 5.57. The van der Waals surface area contributed by atoms with Gasteiger partial charge >= 0.3 is 57.6 Å². The zero-order valence-electron chi connectivity index (χ0n) is 19.3. The molecule has 34 heavy (non-hydrogen) atoms. The molecular weight excluding hydrogens is 683 g/mol. The molecule has 2 rings (SSSR count). The summed E-state index contributed by atoms with van der Waals surface area (Å²) in [6, 6.07) is 18.7. The Hall–Kier alpha value is -0.672. The Balaban J connectivity index is 0.000000718. The topological polar surface area (TPSA) is 29.5 Å². The molecule has 0 bridgehead atoms. The van der Waals surface area contributed by atoms with Crippen molar-refractivity contribution >= 4 is 19.5 Å². The van der Waals surface area contributed by atoms with Gasteiger partial charge in [0.15, 0.2) is 15.6 Å². The van der Waals surface area contributed by atoms with Crippen molar-refractivity contribution in [3.05, 3.63) is 61.7 Å². The number of halogens is 7. The van der Waals surface area contributed by atoms with Crippen LogP contribution in [0.15, 0.2) is 54.6 Å². The molecule has 10 heteroatoms. The van der Waals surface area contributed by atoms with Gasteiger partial charge in [0, 0.05) is 6.42 Å². The van der Waals surface area contributed by atoms with Gasteiger partial charge < -0.3 is 9.84 Å². The van der Waals surface area contributed by atoms with Crippen LogP contribution in [-0.4, -0.2) is 30.9 Å². The van der Waals surface area contributed by atoms with Gasteiger partial charge in [-0.1, -0.05) is 88.6 Å². The summed E-state index contributed by atoms with van der Waals surface area (Å²) in [6.45, 7) is 2.26. The van der Waals surface area contributed by atoms with E-state index < -0.39 is 25.8 Å². The Morgan fingerprint density at radius 2 is 1.21 bits per heavy atom. The summed E-state index contributed by atoms with van der Waals surface area (Å²) in [5, 5.41) is 10.3. The summed E-state index contributed by atoms with van der Waals surface area (Å²) < 4.78 is 68.0. The second-order valence-electron chi connectivity index (χ2n) is 7.97. The number of hydrogen-bond acceptors (Lipinski definition) is 2. The van der Waals surface area contributed by atoms with Crippen LogP contribution in [0.2, 0.25) is 0 Å². The van der Waals surface area contributed by atoms with E-state index in [9.17, 15) is 22.0 Å². The van der Waals surface area contributed by atoms with Crippen molar-refractivity contribution in [1.82, 2.24) is 0 Å². The summed E-state index contributed by atoms with van der Waals surface area (Å²) >= 11 is -11.5. The number of aliphatic hydroxyl groups is 1. The molecule has 1 unspecified atom stereocenters. The average Bonchev–Trinajstić information content (AvgIpc) is 2.72. The Kier molecular flexibility index (Phi) is 13.1. The van der Waals surface area contributed by atoms with Crippen LogP contribution < -0.4 is 25.9 Å². The number of para-hydroxylation sites is 1. The molecule has 196 valence electrons. The Morgan fingerprint density at radius 3 is 1.76 bits per heavy atom. The van der Waals surface area contributed by atoms with E-state index >= 15 is 0 Å². The van der Waals surface area contributed by atoms with Crippen LogP contribution in [0, 0.1) is 7.14 Å². The van der Waals surface area contributed by atoms with Gasteiger partial charge in [-0.05, 0) is 30.7 Å². The van der Waals surface area contributed by atoms with Crippen LogP contribution in [0.25, 0.3) is 0 Å². The predicted molar refractivity (Wildman–Crippen MR) is 121 cm³/mol. The first kappa shape index (κ1) is 31.4. The van der Waals surface area contributed by atoms with Crippen LogP contribution in [0.1, 0.15) is 71.1 Å². The van der Waals surface area contributed by atoms with E-state index in [1.54, 1.807) is 0 Å². The molecule has 0 aliphatic heterocycles. The summed E-state index contributed by atoms with van der Waals surface area (Å²) in [7, 11) is 0. The van der Waals surface area contributed by atoms with Crippen molar-refractivity contribution < 1.29 is 47.9 Å². The van der Waals surface area contributed by atoms with E-state index in [0.29, 0.717) is 6.42 Å². The molecule has 0 radical (unpaired) electrons. The van der Waals surface area contributed by atoms with E-state index in [-0.39, 0.29) is 21.2 Å². The molecule has 1 atom stereocenters. The number of unbranched alkanes of at least 4 members (excludes halogenated alkanes) is 8. The third kappa shape index (κ3) is 20.7. The van der Waals surface area contributed by atoms with E-state index in [1.165, 1.54) is 58.5 Å². The maximum absolute atomic E-state index is 11.2. The summed E-state index contributed by atoms with van der Waals surface area (Å²) in [4.78, 5) is 0. The van der Waals surface area contributed by atoms with Crippen molar-refractivity contribution in [3.63, 3.8) is 0 Å². The van der Waals surface area contributed by atoms with Gasteiger partial charge in [0.25, 0.3) is 0 Å². The molecule has 0 aromatic heterocycles. The molecule has 1 N–H and O–H groups in total. The van der Waals surface area contributed by atoms with Gasteiger partial charge in [-0.25, -0.2) is 0 Å². The first-order chi connectivity index (χ1) is 15.7. The molecule has 0 saturated heterocycles. The standard InChI is InChI=1S/C24H34IO2.6FH.Sb/c1-2-3-4-5-6-7-8-9-13-20-24(26)27-23-19-15-14-18-22(23)25-21-16-11-10-12-17-21;;;;;;;/h10-12,14-19,24,26H,2-9,13,20H2,1H3;6*1H;/q+1;;;;;;;+5/p-6. The van der Waals surface area contributed by atoms with Gasteiger partial charge in [0.05, 0.1) is 0 Å². The normalized spacial score (nSPS) is 14.4. The third-order valence-electron chi connectivity index (χ3n) is 4.60. The van der Waals surface area contributed by atoms with Crippen molar-refractivity contribution in [2.75, 3.05) is 0 Å². The van der Waals surface area contributed by atoms with Crippen molar-refractivity contribution in [2.45, 2.75) is 77.4 Å². The van der Waals surface area contributed by atoms with E-state index in [0.717, 1.165) is 12.2 Å². The number of aliphatic hydroxyl groups excluding tert-OH is 1. The van der Waals surface area contributed by atoms with Crippen LogP contribution in [0.4, 0.5) is 16.9 Å². The number of rotatable bonds is 14. The molecule has 0 aliphatic carbocycles. The van der Waals surface area contributed by atoms with Gasteiger partial charge in [-0.3, -0.25) is 0 Å². The van der Waals surface area contributed by atoms with Crippen molar-refractivity contribution in [2.24, 2.45) is 0 Å². The van der Waals surface area contributed by atoms with Crippen LogP contribution in [-0.2, 0) is 0 Å². The number of ether oxygens (including phenoxy) is 1. The fourth-order valence-corrected chi connectivity index (χ4v) is 5.45. The summed E-state index contributed by atoms with van der Waals surface area (Å²) in [5.74, 6) is 0.845. The van der Waals surface area contributed by atoms with Gasteiger partial charge in [0.2, 0.25) is 3.57 Å². The zero-order chi connectivity index (χ0) is 25.6. The zero-order valence-corrected chi connectivity index (χ0v) is 24.0. The monoisotopic (exact) mass is 716 g/mol. The van der Waals surface area contributed by atoms with Gasteiger partial charge in [0.1, 0.15) is 0 Å². The Labute approximate surface area is 211 Å². The minimum absolute atomic E-state index is 0.290. The summed E-state index contributed by atoms with van der Waals surface area (Å²) in [6.07, 6.45) is 11.6. The molecule has 2 nitrogen and oxygen atoms in total. The van der Waals surface area contributed by atoms with E-state index in [2.05, 4.69) is 43.3 Å². The second-order valence-corrected chi connectivity index (χ2v) is 16.4. The molecule has 0 saturated carbocycles. The SMILES string of the molecule is CCCCCCCCCCCC(O)Oc1ccccc1[I+]c1ccccc1.[F][Sb-]([F])([F])([F])([F])[F]. The first-order valence-electron chi connectivity index (χ1n) is 11.4. The Morgan fingerprint density at radius 1 is 0.735 bits per heavy atom. The first-order valence-corrected chi connectivity index (χ1v) is 19.4. The molecule has 0 amide bonds. The molecule has 0 heterocycles. The fraction of sp³-hybridized carbons (Fsp3) is 0.500. The Bertz CT molecular complexity index is 808. The molecular formula is C24H34F6IO2Sb. The molecule has 2 aromatic rings. The van der Waals surface area contributed by atoms with E-state index in [4.69, 9.17) is 4.74 Å². The minimum atomic E-state index is -11.2. The van der Waals surface area contributed by atoms with E-state index in [1.807, 2.05) is 18.2 Å². The molecule has 0 aliphatic rings. The van der Waals surface area contributed by atoms with Gasteiger partial charge in [-0.2, -0.15) is 0 Å². The third-order valence-corrected chi connectivity index (χ3v) is 7.41. The number of hydrogen-bond donors (Lipinski definition) is 1. The average molecular weight is 717 g/mol. The maximum atomic E-state index is 10.3.